The van der Waals surface area contributed by atoms with Gasteiger partial charge < -0.3 is 21.1 Å². The molecule has 3 amide bonds. The van der Waals surface area contributed by atoms with Crippen LogP contribution in [0.5, 0.6) is 0 Å². The maximum Gasteiger partial charge on any atom is 0.325 e. The van der Waals surface area contributed by atoms with Crippen LogP contribution in [-0.2, 0) is 9.59 Å². The minimum absolute atomic E-state index is 0.0587. The fourth-order valence-corrected chi connectivity index (χ4v) is 0.993. The maximum atomic E-state index is 11.2. The molecule has 0 heterocycles. The fourth-order valence-electron chi connectivity index (χ4n) is 0.993. The van der Waals surface area contributed by atoms with E-state index in [0.29, 0.717) is 0 Å². The molecule has 0 saturated heterocycles. The largest absolute Gasteiger partial charge is 0.480 e. The molecule has 0 aromatic heterocycles. The molecule has 0 rings (SSSR count). The van der Waals surface area contributed by atoms with Crippen LogP contribution in [0.1, 0.15) is 27.2 Å². The molecule has 4 N–H and O–H groups in total. The highest BCUT2D eigenvalue weighted by molar-refractivity contribution is 5.82. The molecule has 0 saturated carbocycles. The van der Waals surface area contributed by atoms with E-state index in [2.05, 4.69) is 16.0 Å². The van der Waals surface area contributed by atoms with Crippen molar-refractivity contribution in [3.63, 3.8) is 0 Å². The molecule has 0 aliphatic rings. The predicted molar refractivity (Wildman–Crippen MR) is 61.5 cm³/mol. The standard InChI is InChI=1S/C10H19N3O4/c1-6(2)12-8(14)4-5-11-10(17)13-7(3)9(15)16/h6-7H,4-5H2,1-3H3,(H,12,14)(H,15,16)(H2,11,13,17)/t7-/m1/s1. The summed E-state index contributed by atoms with van der Waals surface area (Å²) in [7, 11) is 0. The molecule has 1 atom stereocenters. The van der Waals surface area contributed by atoms with E-state index in [1.807, 2.05) is 13.8 Å². The van der Waals surface area contributed by atoms with Crippen molar-refractivity contribution in [2.45, 2.75) is 39.3 Å². The van der Waals surface area contributed by atoms with Gasteiger partial charge in [0.25, 0.3) is 0 Å². The van der Waals surface area contributed by atoms with Crippen LogP contribution in [0, 0.1) is 0 Å². The summed E-state index contributed by atoms with van der Waals surface area (Å²) >= 11 is 0. The molecule has 0 aliphatic heterocycles. The third-order valence-corrected chi connectivity index (χ3v) is 1.81. The van der Waals surface area contributed by atoms with Crippen molar-refractivity contribution < 1.29 is 19.5 Å². The second-order valence-corrected chi connectivity index (χ2v) is 3.93. The molecule has 0 aromatic rings. The number of hydrogen-bond acceptors (Lipinski definition) is 3. The molecule has 98 valence electrons. The average molecular weight is 245 g/mol. The molecular formula is C10H19N3O4. The molecule has 0 aliphatic carbocycles. The number of carboxylic acids is 1. The Morgan fingerprint density at radius 3 is 2.18 bits per heavy atom. The van der Waals surface area contributed by atoms with E-state index in [1.54, 1.807) is 0 Å². The summed E-state index contributed by atoms with van der Waals surface area (Å²) in [6, 6.07) is -1.50. The lowest BCUT2D eigenvalue weighted by atomic mass is 10.3. The first-order valence-corrected chi connectivity index (χ1v) is 5.39. The number of aliphatic carboxylic acids is 1. The smallest absolute Gasteiger partial charge is 0.325 e. The first-order valence-electron chi connectivity index (χ1n) is 5.39. The van der Waals surface area contributed by atoms with Crippen LogP contribution >= 0.6 is 0 Å². The molecule has 0 spiro atoms. The predicted octanol–water partition coefficient (Wildman–Crippen LogP) is -0.327. The van der Waals surface area contributed by atoms with Crippen molar-refractivity contribution in [1.29, 1.82) is 0 Å². The van der Waals surface area contributed by atoms with Crippen LogP contribution in [0.4, 0.5) is 4.79 Å². The van der Waals surface area contributed by atoms with Gasteiger partial charge in [-0.3, -0.25) is 9.59 Å². The van der Waals surface area contributed by atoms with E-state index in [1.165, 1.54) is 6.92 Å². The van der Waals surface area contributed by atoms with E-state index < -0.39 is 18.0 Å². The lowest BCUT2D eigenvalue weighted by molar-refractivity contribution is -0.138. The van der Waals surface area contributed by atoms with E-state index in [4.69, 9.17) is 5.11 Å². The van der Waals surface area contributed by atoms with Gasteiger partial charge in [-0.25, -0.2) is 4.79 Å². The Kier molecular flexibility index (Phi) is 6.69. The minimum Gasteiger partial charge on any atom is -0.480 e. The normalized spacial score (nSPS) is 11.8. The van der Waals surface area contributed by atoms with Crippen molar-refractivity contribution >= 4 is 17.9 Å². The molecular weight excluding hydrogens is 226 g/mol. The van der Waals surface area contributed by atoms with Gasteiger partial charge >= 0.3 is 12.0 Å². The van der Waals surface area contributed by atoms with Gasteiger partial charge in [-0.15, -0.1) is 0 Å². The second kappa shape index (κ2) is 7.48. The number of carboxylic acid groups (broad SMARTS) is 1. The molecule has 7 nitrogen and oxygen atoms in total. The summed E-state index contributed by atoms with van der Waals surface area (Å²) in [6.45, 7) is 5.20. The number of rotatable bonds is 6. The Morgan fingerprint density at radius 1 is 1.12 bits per heavy atom. The van der Waals surface area contributed by atoms with Crippen LogP contribution in [0.25, 0.3) is 0 Å². The quantitative estimate of drug-likeness (QED) is 0.514. The molecule has 17 heavy (non-hydrogen) atoms. The molecule has 0 bridgehead atoms. The lowest BCUT2D eigenvalue weighted by Gasteiger charge is -2.11. The number of amides is 3. The Balaban J connectivity index is 3.71. The summed E-state index contributed by atoms with van der Waals surface area (Å²) in [4.78, 5) is 32.8. The van der Waals surface area contributed by atoms with Gasteiger partial charge in [0.1, 0.15) is 6.04 Å². The molecule has 0 unspecified atom stereocenters. The van der Waals surface area contributed by atoms with Crippen molar-refractivity contribution in [3.05, 3.63) is 0 Å². The molecule has 0 radical (unpaired) electrons. The van der Waals surface area contributed by atoms with Crippen molar-refractivity contribution in [2.75, 3.05) is 6.54 Å². The van der Waals surface area contributed by atoms with Gasteiger partial charge in [0, 0.05) is 19.0 Å². The number of carbonyl (C=O) groups excluding carboxylic acids is 2. The number of hydrogen-bond donors (Lipinski definition) is 4. The Morgan fingerprint density at radius 2 is 1.71 bits per heavy atom. The Hall–Kier alpha value is -1.79. The number of nitrogens with one attached hydrogen (secondary N) is 3. The van der Waals surface area contributed by atoms with Gasteiger partial charge in [0.15, 0.2) is 0 Å². The summed E-state index contributed by atoms with van der Waals surface area (Å²) < 4.78 is 0. The number of carbonyl (C=O) groups is 3. The van der Waals surface area contributed by atoms with Crippen molar-refractivity contribution in [1.82, 2.24) is 16.0 Å². The second-order valence-electron chi connectivity index (χ2n) is 3.93. The zero-order valence-corrected chi connectivity index (χ0v) is 10.2. The highest BCUT2D eigenvalue weighted by Gasteiger charge is 2.13. The van der Waals surface area contributed by atoms with Gasteiger partial charge in [-0.2, -0.15) is 0 Å². The van der Waals surface area contributed by atoms with Crippen LogP contribution in [0.3, 0.4) is 0 Å². The fraction of sp³-hybridized carbons (Fsp3) is 0.700. The van der Waals surface area contributed by atoms with E-state index in [-0.39, 0.29) is 24.9 Å². The van der Waals surface area contributed by atoms with Crippen LogP contribution < -0.4 is 16.0 Å². The molecule has 0 aromatic carbocycles. The topological polar surface area (TPSA) is 108 Å². The first kappa shape index (κ1) is 15.2. The summed E-state index contributed by atoms with van der Waals surface area (Å²) in [5.74, 6) is -1.27. The highest BCUT2D eigenvalue weighted by atomic mass is 16.4. The van der Waals surface area contributed by atoms with Gasteiger partial charge in [-0.05, 0) is 20.8 Å². The third kappa shape index (κ3) is 8.06. The minimum atomic E-state index is -1.11. The van der Waals surface area contributed by atoms with Crippen molar-refractivity contribution in [3.8, 4) is 0 Å². The zero-order chi connectivity index (χ0) is 13.4. The van der Waals surface area contributed by atoms with Crippen LogP contribution in [0.15, 0.2) is 0 Å². The maximum absolute atomic E-state index is 11.2. The third-order valence-electron chi connectivity index (χ3n) is 1.81. The first-order chi connectivity index (χ1) is 7.82. The zero-order valence-electron chi connectivity index (χ0n) is 10.2. The Bertz CT molecular complexity index is 291. The van der Waals surface area contributed by atoms with Gasteiger partial charge in [0.05, 0.1) is 0 Å². The van der Waals surface area contributed by atoms with Gasteiger partial charge in [0.2, 0.25) is 5.91 Å². The summed E-state index contributed by atoms with van der Waals surface area (Å²) in [6.07, 6.45) is 0.160. The molecule has 7 heteroatoms. The summed E-state index contributed by atoms with van der Waals surface area (Å²) in [5.41, 5.74) is 0. The Labute approximate surface area is 100.0 Å². The van der Waals surface area contributed by atoms with Crippen LogP contribution in [0.2, 0.25) is 0 Å². The lowest BCUT2D eigenvalue weighted by Crippen LogP contribution is -2.45. The number of urea groups is 1. The highest BCUT2D eigenvalue weighted by Crippen LogP contribution is 1.84. The molecule has 0 fully saturated rings. The van der Waals surface area contributed by atoms with Crippen molar-refractivity contribution in [2.24, 2.45) is 0 Å². The SMILES string of the molecule is CC(C)NC(=O)CCNC(=O)N[C@H](C)C(=O)O. The van der Waals surface area contributed by atoms with E-state index in [0.717, 1.165) is 0 Å². The van der Waals surface area contributed by atoms with Gasteiger partial charge in [-0.1, -0.05) is 0 Å². The van der Waals surface area contributed by atoms with E-state index >= 15 is 0 Å². The monoisotopic (exact) mass is 245 g/mol. The van der Waals surface area contributed by atoms with E-state index in [9.17, 15) is 14.4 Å². The van der Waals surface area contributed by atoms with Crippen LogP contribution in [-0.4, -0.2) is 41.6 Å². The summed E-state index contributed by atoms with van der Waals surface area (Å²) in [5, 5.41) is 15.8. The average Bonchev–Trinajstić information content (AvgIpc) is 2.15.